The molecule has 0 aliphatic carbocycles. The van der Waals surface area contributed by atoms with Gasteiger partial charge in [0.15, 0.2) is 0 Å². The molecule has 2 N–H and O–H groups in total. The van der Waals surface area contributed by atoms with Crippen molar-refractivity contribution >= 4 is 5.69 Å². The predicted molar refractivity (Wildman–Crippen MR) is 66.7 cm³/mol. The molecule has 0 amide bonds. The van der Waals surface area contributed by atoms with Gasteiger partial charge in [0.2, 0.25) is 0 Å². The number of ether oxygens (including phenoxy) is 1. The van der Waals surface area contributed by atoms with Gasteiger partial charge in [0.1, 0.15) is 0 Å². The van der Waals surface area contributed by atoms with Crippen LogP contribution in [0, 0.1) is 6.92 Å². The molecule has 3 nitrogen and oxygen atoms in total. The number of nitrogens with two attached hydrogens (primary N) is 1. The van der Waals surface area contributed by atoms with Gasteiger partial charge < -0.3 is 15.4 Å². The van der Waals surface area contributed by atoms with Gasteiger partial charge in [-0.05, 0) is 24.5 Å². The van der Waals surface area contributed by atoms with Crippen molar-refractivity contribution < 1.29 is 4.74 Å². The van der Waals surface area contributed by atoms with Gasteiger partial charge in [0, 0.05) is 31.9 Å². The summed E-state index contributed by atoms with van der Waals surface area (Å²) in [6.45, 7) is 6.49. The standard InChI is InChI=1S/C13H20N2O/c1-11-4-2-5-12(10-14)13(11)15-6-3-8-16-9-7-15/h2,4-5H,3,6-10,14H2,1H3. The van der Waals surface area contributed by atoms with Crippen molar-refractivity contribution in [1.29, 1.82) is 0 Å². The molecule has 1 aromatic rings. The van der Waals surface area contributed by atoms with Crippen molar-refractivity contribution in [1.82, 2.24) is 0 Å². The Bertz CT molecular complexity index is 344. The molecule has 88 valence electrons. The average molecular weight is 220 g/mol. The van der Waals surface area contributed by atoms with E-state index in [2.05, 4.69) is 30.0 Å². The van der Waals surface area contributed by atoms with E-state index in [9.17, 15) is 0 Å². The normalized spacial score (nSPS) is 17.2. The second-order valence-corrected chi connectivity index (χ2v) is 4.24. The molecule has 0 atom stereocenters. The Morgan fingerprint density at radius 1 is 1.31 bits per heavy atom. The largest absolute Gasteiger partial charge is 0.380 e. The van der Waals surface area contributed by atoms with E-state index in [4.69, 9.17) is 10.5 Å². The molecule has 2 rings (SSSR count). The molecule has 1 fully saturated rings. The molecule has 3 heteroatoms. The first-order valence-electron chi connectivity index (χ1n) is 5.94. The predicted octanol–water partition coefficient (Wildman–Crippen LogP) is 1.68. The summed E-state index contributed by atoms with van der Waals surface area (Å²) in [4.78, 5) is 2.41. The van der Waals surface area contributed by atoms with Crippen molar-refractivity contribution in [2.24, 2.45) is 5.73 Å². The Balaban J connectivity index is 2.29. The van der Waals surface area contributed by atoms with Crippen LogP contribution in [0.3, 0.4) is 0 Å². The van der Waals surface area contributed by atoms with Crippen LogP contribution < -0.4 is 10.6 Å². The fourth-order valence-corrected chi connectivity index (χ4v) is 2.31. The van der Waals surface area contributed by atoms with Gasteiger partial charge in [-0.25, -0.2) is 0 Å². The van der Waals surface area contributed by atoms with Crippen LogP contribution in [-0.4, -0.2) is 26.3 Å². The highest BCUT2D eigenvalue weighted by atomic mass is 16.5. The smallest absolute Gasteiger partial charge is 0.0641 e. The molecule has 1 aliphatic heterocycles. The Labute approximate surface area is 97.2 Å². The van der Waals surface area contributed by atoms with Gasteiger partial charge >= 0.3 is 0 Å². The summed E-state index contributed by atoms with van der Waals surface area (Å²) < 4.78 is 5.49. The number of hydrogen-bond acceptors (Lipinski definition) is 3. The molecule has 0 aromatic heterocycles. The Kier molecular flexibility index (Phi) is 3.80. The summed E-state index contributed by atoms with van der Waals surface area (Å²) in [7, 11) is 0. The van der Waals surface area contributed by atoms with Crippen molar-refractivity contribution in [3.63, 3.8) is 0 Å². The van der Waals surface area contributed by atoms with E-state index >= 15 is 0 Å². The highest BCUT2D eigenvalue weighted by molar-refractivity contribution is 5.59. The Morgan fingerprint density at radius 3 is 3.00 bits per heavy atom. The number of anilines is 1. The lowest BCUT2D eigenvalue weighted by Crippen LogP contribution is -2.28. The number of para-hydroxylation sites is 1. The molecule has 1 aromatic carbocycles. The van der Waals surface area contributed by atoms with Crippen LogP contribution in [0.4, 0.5) is 5.69 Å². The van der Waals surface area contributed by atoms with Crippen molar-refractivity contribution in [2.45, 2.75) is 19.9 Å². The van der Waals surface area contributed by atoms with Crippen LogP contribution in [0.15, 0.2) is 18.2 Å². The Morgan fingerprint density at radius 2 is 2.19 bits per heavy atom. The fourth-order valence-electron chi connectivity index (χ4n) is 2.31. The average Bonchev–Trinajstić information content (AvgIpc) is 2.57. The molecule has 0 radical (unpaired) electrons. The van der Waals surface area contributed by atoms with E-state index < -0.39 is 0 Å². The molecule has 0 unspecified atom stereocenters. The summed E-state index contributed by atoms with van der Waals surface area (Å²) in [6.07, 6.45) is 1.10. The number of rotatable bonds is 2. The van der Waals surface area contributed by atoms with Gasteiger partial charge in [-0.15, -0.1) is 0 Å². The van der Waals surface area contributed by atoms with E-state index in [0.29, 0.717) is 6.54 Å². The maximum absolute atomic E-state index is 5.81. The summed E-state index contributed by atoms with van der Waals surface area (Å²) in [5.74, 6) is 0. The van der Waals surface area contributed by atoms with E-state index in [0.717, 1.165) is 32.7 Å². The topological polar surface area (TPSA) is 38.5 Å². The van der Waals surface area contributed by atoms with Crippen LogP contribution in [-0.2, 0) is 11.3 Å². The molecule has 0 spiro atoms. The van der Waals surface area contributed by atoms with Crippen LogP contribution in [0.5, 0.6) is 0 Å². The third-order valence-corrected chi connectivity index (χ3v) is 3.08. The molecule has 1 saturated heterocycles. The molecule has 1 heterocycles. The van der Waals surface area contributed by atoms with Crippen LogP contribution in [0.2, 0.25) is 0 Å². The van der Waals surface area contributed by atoms with Crippen LogP contribution in [0.1, 0.15) is 17.5 Å². The maximum atomic E-state index is 5.81. The molecule has 16 heavy (non-hydrogen) atoms. The number of nitrogens with zero attached hydrogens (tertiary/aromatic N) is 1. The van der Waals surface area contributed by atoms with Gasteiger partial charge in [-0.1, -0.05) is 18.2 Å². The second kappa shape index (κ2) is 5.32. The minimum Gasteiger partial charge on any atom is -0.380 e. The second-order valence-electron chi connectivity index (χ2n) is 4.24. The lowest BCUT2D eigenvalue weighted by Gasteiger charge is -2.26. The third-order valence-electron chi connectivity index (χ3n) is 3.08. The quantitative estimate of drug-likeness (QED) is 0.824. The zero-order valence-electron chi connectivity index (χ0n) is 9.91. The number of hydrogen-bond donors (Lipinski definition) is 1. The summed E-state index contributed by atoms with van der Waals surface area (Å²) >= 11 is 0. The monoisotopic (exact) mass is 220 g/mol. The molecular formula is C13H20N2O. The Hall–Kier alpha value is -1.06. The minimum absolute atomic E-state index is 0.606. The SMILES string of the molecule is Cc1cccc(CN)c1N1CCCOCC1. The summed E-state index contributed by atoms with van der Waals surface area (Å²) in [6, 6.07) is 6.35. The van der Waals surface area contributed by atoms with Gasteiger partial charge in [0.05, 0.1) is 6.61 Å². The van der Waals surface area contributed by atoms with Gasteiger partial charge in [0.25, 0.3) is 0 Å². The van der Waals surface area contributed by atoms with Crippen molar-refractivity contribution in [2.75, 3.05) is 31.2 Å². The summed E-state index contributed by atoms with van der Waals surface area (Å²) in [5, 5.41) is 0. The molecule has 0 bridgehead atoms. The van der Waals surface area contributed by atoms with Crippen LogP contribution in [0.25, 0.3) is 0 Å². The zero-order chi connectivity index (χ0) is 11.4. The highest BCUT2D eigenvalue weighted by Crippen LogP contribution is 2.25. The minimum atomic E-state index is 0.606. The van der Waals surface area contributed by atoms with E-state index in [1.165, 1.54) is 16.8 Å². The number of aryl methyl sites for hydroxylation is 1. The van der Waals surface area contributed by atoms with Crippen molar-refractivity contribution in [3.05, 3.63) is 29.3 Å². The first-order chi connectivity index (χ1) is 7.83. The van der Waals surface area contributed by atoms with Crippen molar-refractivity contribution in [3.8, 4) is 0 Å². The third kappa shape index (κ3) is 2.36. The van der Waals surface area contributed by atoms with Gasteiger partial charge in [-0.3, -0.25) is 0 Å². The first-order valence-corrected chi connectivity index (χ1v) is 5.94. The molecular weight excluding hydrogens is 200 g/mol. The van der Waals surface area contributed by atoms with E-state index in [-0.39, 0.29) is 0 Å². The van der Waals surface area contributed by atoms with E-state index in [1.807, 2.05) is 0 Å². The fraction of sp³-hybridized carbons (Fsp3) is 0.538. The summed E-state index contributed by atoms with van der Waals surface area (Å²) in [5.41, 5.74) is 9.67. The zero-order valence-corrected chi connectivity index (χ0v) is 9.91. The first kappa shape index (κ1) is 11.4. The lowest BCUT2D eigenvalue weighted by atomic mass is 10.1. The van der Waals surface area contributed by atoms with E-state index in [1.54, 1.807) is 0 Å². The number of benzene rings is 1. The molecule has 0 saturated carbocycles. The highest BCUT2D eigenvalue weighted by Gasteiger charge is 2.14. The maximum Gasteiger partial charge on any atom is 0.0641 e. The lowest BCUT2D eigenvalue weighted by molar-refractivity contribution is 0.152. The van der Waals surface area contributed by atoms with Crippen LogP contribution >= 0.6 is 0 Å². The molecule has 1 aliphatic rings. The van der Waals surface area contributed by atoms with Gasteiger partial charge in [-0.2, -0.15) is 0 Å².